The lowest BCUT2D eigenvalue weighted by atomic mass is 10.1. The van der Waals surface area contributed by atoms with Gasteiger partial charge in [0.1, 0.15) is 30.2 Å². The Hall–Kier alpha value is -5.66. The van der Waals surface area contributed by atoms with Crippen molar-refractivity contribution in [3.63, 3.8) is 0 Å². The smallest absolute Gasteiger partial charge is 0.328 e. The number of carboxylic acids is 2. The number of hydrogen-bond acceptors (Lipinski definition) is 14. The van der Waals surface area contributed by atoms with Crippen molar-refractivity contribution in [3.8, 4) is 0 Å². The summed E-state index contributed by atoms with van der Waals surface area (Å²) in [5.74, 6) is -10.4. The second-order valence-corrected chi connectivity index (χ2v) is 12.2. The Balaban J connectivity index is 6.00. The fourth-order valence-corrected chi connectivity index (χ4v) is 4.57. The van der Waals surface area contributed by atoms with Crippen LogP contribution in [0.2, 0.25) is 0 Å². The summed E-state index contributed by atoms with van der Waals surface area (Å²) >= 11 is 0. The number of amides is 7. The summed E-state index contributed by atoms with van der Waals surface area (Å²) in [5, 5.41) is 50.8. The van der Waals surface area contributed by atoms with Crippen LogP contribution in [0.3, 0.4) is 0 Å². The number of carbonyl (C=O) groups is 9. The molecule has 7 amide bonds. The number of nitrogens with zero attached hydrogens (tertiary/aromatic N) is 1. The summed E-state index contributed by atoms with van der Waals surface area (Å²) in [6.45, 7) is -0.217. The topological polar surface area (TPSA) is 449 Å². The van der Waals surface area contributed by atoms with Crippen molar-refractivity contribution in [3.05, 3.63) is 0 Å². The molecule has 25 nitrogen and oxygen atoms in total. The summed E-state index contributed by atoms with van der Waals surface area (Å²) in [4.78, 5) is 116. The van der Waals surface area contributed by atoms with Gasteiger partial charge in [-0.15, -0.1) is 0 Å². The van der Waals surface area contributed by atoms with Crippen molar-refractivity contribution >= 4 is 59.2 Å². The first kappa shape index (κ1) is 49.3. The number of aliphatic hydroxyl groups excluding tert-OH is 2. The maximum atomic E-state index is 13.3. The Morgan fingerprint density at radius 3 is 1.75 bits per heavy atom. The molecule has 0 aromatic rings. The van der Waals surface area contributed by atoms with Crippen LogP contribution in [0.4, 0.5) is 0 Å². The molecule has 0 radical (unpaired) electrons. The van der Waals surface area contributed by atoms with E-state index in [0.29, 0.717) is 12.8 Å². The number of guanidine groups is 1. The monoisotopic (exact) mass is 790 g/mol. The van der Waals surface area contributed by atoms with Gasteiger partial charge in [-0.3, -0.25) is 43.3 Å². The molecule has 0 aromatic heterocycles. The third-order valence-corrected chi connectivity index (χ3v) is 7.50. The van der Waals surface area contributed by atoms with Gasteiger partial charge < -0.3 is 81.0 Å². The molecule has 0 saturated heterocycles. The standard InChI is InChI=1S/C30H54N12O13/c1-14(44)23(29(54)55)42-27(52)16(6-4-10-36-30(34)35)38-21(46)12-37-25(50)18(7-8-22(47)48)40-28(53)19(11-20(33)45)41-26(51)17(5-2-3-9-31)39-24(49)15(32)13-43/h14-19,23,43-44H,2-13,31-32H2,1H3,(H2,33,45)(H,37,50)(H,38,46)(H,39,49)(H,40,53)(H,41,51)(H,42,52)(H,47,48)(H,54,55)(H4,34,35,36)/t14-,15+,16+,17+,18+,19+,23+/m1/s1. The maximum Gasteiger partial charge on any atom is 0.328 e. The number of rotatable bonds is 28. The summed E-state index contributed by atoms with van der Waals surface area (Å²) in [5.41, 5.74) is 26.9. The van der Waals surface area contributed by atoms with Crippen LogP contribution < -0.4 is 60.6 Å². The zero-order chi connectivity index (χ0) is 42.2. The highest BCUT2D eigenvalue weighted by Gasteiger charge is 2.33. The molecule has 0 aliphatic carbocycles. The highest BCUT2D eigenvalue weighted by atomic mass is 16.4. The largest absolute Gasteiger partial charge is 0.481 e. The van der Waals surface area contributed by atoms with Crippen LogP contribution in [0.25, 0.3) is 0 Å². The van der Waals surface area contributed by atoms with Crippen molar-refractivity contribution in [2.45, 2.75) is 101 Å². The molecule has 55 heavy (non-hydrogen) atoms. The Bertz CT molecular complexity index is 1380. The number of nitrogens with two attached hydrogens (primary N) is 5. The molecule has 20 N–H and O–H groups in total. The Morgan fingerprint density at radius 1 is 0.691 bits per heavy atom. The van der Waals surface area contributed by atoms with Gasteiger partial charge in [0.2, 0.25) is 41.4 Å². The van der Waals surface area contributed by atoms with Gasteiger partial charge in [0, 0.05) is 13.0 Å². The zero-order valence-electron chi connectivity index (χ0n) is 30.3. The van der Waals surface area contributed by atoms with E-state index in [0.717, 1.165) is 6.92 Å². The zero-order valence-corrected chi connectivity index (χ0v) is 30.3. The number of carbonyl (C=O) groups excluding carboxylic acids is 7. The lowest BCUT2D eigenvalue weighted by Gasteiger charge is -2.25. The molecule has 0 bridgehead atoms. The van der Waals surface area contributed by atoms with E-state index in [-0.39, 0.29) is 38.3 Å². The second kappa shape index (κ2) is 26.2. The Labute approximate surface area is 315 Å². The third-order valence-electron chi connectivity index (χ3n) is 7.50. The Morgan fingerprint density at radius 2 is 1.22 bits per heavy atom. The molecule has 25 heteroatoms. The summed E-state index contributed by atoms with van der Waals surface area (Å²) in [6, 6.07) is -9.28. The van der Waals surface area contributed by atoms with E-state index < -0.39 is 128 Å². The van der Waals surface area contributed by atoms with Crippen LogP contribution in [0, 0.1) is 0 Å². The molecule has 7 atom stereocenters. The van der Waals surface area contributed by atoms with Crippen LogP contribution in [-0.4, -0.2) is 148 Å². The first-order valence-corrected chi connectivity index (χ1v) is 17.0. The number of unbranched alkanes of at least 4 members (excludes halogenated alkanes) is 1. The molecule has 0 fully saturated rings. The predicted octanol–water partition coefficient (Wildman–Crippen LogP) is -7.77. The van der Waals surface area contributed by atoms with Crippen LogP contribution in [0.15, 0.2) is 4.99 Å². The number of hydrogen-bond donors (Lipinski definition) is 15. The normalized spacial score (nSPS) is 14.6. The minimum absolute atomic E-state index is 0.00300. The van der Waals surface area contributed by atoms with Crippen molar-refractivity contribution < 1.29 is 63.6 Å². The summed E-state index contributed by atoms with van der Waals surface area (Å²) in [7, 11) is 0. The lowest BCUT2D eigenvalue weighted by Crippen LogP contribution is -2.59. The van der Waals surface area contributed by atoms with E-state index in [9.17, 15) is 63.6 Å². The number of primary amides is 1. The fourth-order valence-electron chi connectivity index (χ4n) is 4.57. The van der Waals surface area contributed by atoms with E-state index in [4.69, 9.17) is 28.7 Å². The number of carboxylic acid groups (broad SMARTS) is 2. The minimum atomic E-state index is -1.75. The van der Waals surface area contributed by atoms with Gasteiger partial charge in [0.05, 0.1) is 25.7 Å². The van der Waals surface area contributed by atoms with Crippen molar-refractivity contribution in [2.24, 2.45) is 33.7 Å². The first-order chi connectivity index (χ1) is 25.7. The van der Waals surface area contributed by atoms with Gasteiger partial charge in [-0.25, -0.2) is 4.79 Å². The highest BCUT2D eigenvalue weighted by Crippen LogP contribution is 2.06. The van der Waals surface area contributed by atoms with Crippen molar-refractivity contribution in [1.82, 2.24) is 31.9 Å². The summed E-state index contributed by atoms with van der Waals surface area (Å²) in [6.07, 6.45) is -2.81. The number of aliphatic hydroxyl groups is 2. The van der Waals surface area contributed by atoms with Gasteiger partial charge in [0.15, 0.2) is 12.0 Å². The van der Waals surface area contributed by atoms with E-state index in [2.05, 4.69) is 36.9 Å². The molecule has 0 unspecified atom stereocenters. The lowest BCUT2D eigenvalue weighted by molar-refractivity contribution is -0.145. The maximum absolute atomic E-state index is 13.3. The van der Waals surface area contributed by atoms with Crippen LogP contribution in [-0.2, 0) is 43.2 Å². The summed E-state index contributed by atoms with van der Waals surface area (Å²) < 4.78 is 0. The third kappa shape index (κ3) is 21.0. The van der Waals surface area contributed by atoms with Gasteiger partial charge >= 0.3 is 11.9 Å². The molecule has 0 spiro atoms. The quantitative estimate of drug-likeness (QED) is 0.0199. The van der Waals surface area contributed by atoms with Crippen LogP contribution in [0.1, 0.15) is 58.3 Å². The molecule has 0 heterocycles. The molecule has 0 aliphatic rings. The molecule has 0 aromatic carbocycles. The fraction of sp³-hybridized carbons (Fsp3) is 0.667. The molecule has 312 valence electrons. The molecule has 0 aliphatic heterocycles. The van der Waals surface area contributed by atoms with Gasteiger partial charge in [0.25, 0.3) is 0 Å². The van der Waals surface area contributed by atoms with Crippen molar-refractivity contribution in [1.29, 1.82) is 0 Å². The highest BCUT2D eigenvalue weighted by molar-refractivity contribution is 5.97. The van der Waals surface area contributed by atoms with E-state index in [1.54, 1.807) is 0 Å². The predicted molar refractivity (Wildman–Crippen MR) is 191 cm³/mol. The molecule has 0 saturated carbocycles. The minimum Gasteiger partial charge on any atom is -0.481 e. The van der Waals surface area contributed by atoms with Crippen LogP contribution >= 0.6 is 0 Å². The van der Waals surface area contributed by atoms with Gasteiger partial charge in [-0.1, -0.05) is 0 Å². The van der Waals surface area contributed by atoms with Gasteiger partial charge in [-0.05, 0) is 52.0 Å². The van der Waals surface area contributed by atoms with E-state index >= 15 is 0 Å². The van der Waals surface area contributed by atoms with E-state index in [1.165, 1.54) is 0 Å². The molecule has 0 rings (SSSR count). The van der Waals surface area contributed by atoms with Crippen molar-refractivity contribution in [2.75, 3.05) is 26.2 Å². The first-order valence-electron chi connectivity index (χ1n) is 17.0. The average molecular weight is 791 g/mol. The second-order valence-electron chi connectivity index (χ2n) is 12.2. The molecular formula is C30H54N12O13. The molecular weight excluding hydrogens is 736 g/mol. The number of nitrogens with one attached hydrogen (secondary N) is 6. The van der Waals surface area contributed by atoms with E-state index in [1.807, 2.05) is 0 Å². The SMILES string of the molecule is C[C@@H](O)[C@H](NC(=O)[C@H](CCCN=C(N)N)NC(=O)CNC(=O)[C@H](CCC(=O)O)NC(=O)[C@H](CC(N)=O)NC(=O)[C@H](CCCCN)NC(=O)[C@@H](N)CO)C(=O)O. The Kier molecular flexibility index (Phi) is 23.5. The average Bonchev–Trinajstić information content (AvgIpc) is 3.10. The van der Waals surface area contributed by atoms with Crippen LogP contribution in [0.5, 0.6) is 0 Å². The number of aliphatic carboxylic acids is 2. The number of aliphatic imine (C=N–C) groups is 1. The van der Waals surface area contributed by atoms with Gasteiger partial charge in [-0.2, -0.15) is 0 Å².